The molecule has 0 unspecified atom stereocenters. The molecule has 2 aromatic rings. The number of rotatable bonds is 2. The predicted octanol–water partition coefficient (Wildman–Crippen LogP) is 2.33. The first-order valence-corrected chi connectivity index (χ1v) is 5.67. The zero-order valence-electron chi connectivity index (χ0n) is 9.32. The van der Waals surface area contributed by atoms with Crippen LogP contribution >= 0.6 is 15.9 Å². The van der Waals surface area contributed by atoms with E-state index in [4.69, 9.17) is 0 Å². The molecule has 0 aliphatic carbocycles. The van der Waals surface area contributed by atoms with Gasteiger partial charge in [-0.3, -0.25) is 4.98 Å². The maximum Gasteiger partial charge on any atom is 0.358 e. The molecule has 2 heterocycles. The van der Waals surface area contributed by atoms with Crippen molar-refractivity contribution in [2.75, 3.05) is 7.11 Å². The molecular formula is C11H10BrN3O2. The van der Waals surface area contributed by atoms with E-state index in [1.54, 1.807) is 19.3 Å². The van der Waals surface area contributed by atoms with Gasteiger partial charge in [-0.2, -0.15) is 0 Å². The van der Waals surface area contributed by atoms with Crippen molar-refractivity contribution in [3.05, 3.63) is 34.3 Å². The summed E-state index contributed by atoms with van der Waals surface area (Å²) in [6.45, 7) is 1.77. The quantitative estimate of drug-likeness (QED) is 0.864. The Kier molecular flexibility index (Phi) is 3.23. The zero-order chi connectivity index (χ0) is 12.4. The van der Waals surface area contributed by atoms with Crippen LogP contribution in [0.5, 0.6) is 0 Å². The Balaban J connectivity index is 2.44. The highest BCUT2D eigenvalue weighted by Gasteiger charge is 2.16. The number of halogens is 1. The molecule has 17 heavy (non-hydrogen) atoms. The van der Waals surface area contributed by atoms with E-state index in [9.17, 15) is 4.79 Å². The zero-order valence-corrected chi connectivity index (χ0v) is 10.9. The van der Waals surface area contributed by atoms with Crippen LogP contribution in [0.4, 0.5) is 0 Å². The Morgan fingerprint density at radius 2 is 2.24 bits per heavy atom. The number of aromatic nitrogens is 3. The van der Waals surface area contributed by atoms with Gasteiger partial charge in [-0.25, -0.2) is 9.78 Å². The van der Waals surface area contributed by atoms with E-state index in [2.05, 4.69) is 35.6 Å². The van der Waals surface area contributed by atoms with Crippen LogP contribution in [0.2, 0.25) is 0 Å². The molecule has 2 rings (SSSR count). The number of hydrogen-bond acceptors (Lipinski definition) is 4. The predicted molar refractivity (Wildman–Crippen MR) is 65.6 cm³/mol. The number of H-pyrrole nitrogens is 1. The van der Waals surface area contributed by atoms with Crippen LogP contribution in [0, 0.1) is 6.92 Å². The topological polar surface area (TPSA) is 67.9 Å². The fraction of sp³-hybridized carbons (Fsp3) is 0.182. The van der Waals surface area contributed by atoms with Crippen molar-refractivity contribution < 1.29 is 9.53 Å². The molecule has 0 fully saturated rings. The summed E-state index contributed by atoms with van der Waals surface area (Å²) in [6.07, 6.45) is 3.35. The molecule has 0 aliphatic heterocycles. The highest BCUT2D eigenvalue weighted by atomic mass is 79.9. The van der Waals surface area contributed by atoms with Gasteiger partial charge >= 0.3 is 5.97 Å². The maximum atomic E-state index is 11.4. The Morgan fingerprint density at radius 1 is 1.47 bits per heavy atom. The van der Waals surface area contributed by atoms with Crippen molar-refractivity contribution in [2.45, 2.75) is 6.92 Å². The van der Waals surface area contributed by atoms with E-state index in [-0.39, 0.29) is 0 Å². The van der Waals surface area contributed by atoms with Crippen LogP contribution in [-0.4, -0.2) is 28.0 Å². The molecule has 0 amide bonds. The number of pyridine rings is 1. The summed E-state index contributed by atoms with van der Waals surface area (Å²) in [7, 11) is 1.33. The van der Waals surface area contributed by atoms with Crippen LogP contribution in [0.25, 0.3) is 11.4 Å². The molecule has 0 aliphatic rings. The number of hydrogen-bond donors (Lipinski definition) is 1. The lowest BCUT2D eigenvalue weighted by Crippen LogP contribution is -2.03. The van der Waals surface area contributed by atoms with Crippen molar-refractivity contribution >= 4 is 21.9 Å². The van der Waals surface area contributed by atoms with Gasteiger partial charge in [0.2, 0.25) is 0 Å². The SMILES string of the molecule is COC(=O)c1nc(-c2cncc(Br)c2)[nH]c1C. The molecule has 2 aromatic heterocycles. The maximum absolute atomic E-state index is 11.4. The van der Waals surface area contributed by atoms with Gasteiger partial charge < -0.3 is 9.72 Å². The highest BCUT2D eigenvalue weighted by molar-refractivity contribution is 9.10. The molecule has 0 radical (unpaired) electrons. The molecule has 1 N–H and O–H groups in total. The number of methoxy groups -OCH3 is 1. The second-order valence-corrected chi connectivity index (χ2v) is 4.36. The number of carbonyl (C=O) groups is 1. The first-order valence-electron chi connectivity index (χ1n) is 4.87. The summed E-state index contributed by atoms with van der Waals surface area (Å²) in [4.78, 5) is 22.7. The Labute approximate surface area is 106 Å². The van der Waals surface area contributed by atoms with Gasteiger partial charge in [-0.05, 0) is 28.9 Å². The smallest absolute Gasteiger partial charge is 0.358 e. The minimum Gasteiger partial charge on any atom is -0.464 e. The van der Waals surface area contributed by atoms with Crippen molar-refractivity contribution in [3.8, 4) is 11.4 Å². The molecule has 0 saturated heterocycles. The number of ether oxygens (including phenoxy) is 1. The second kappa shape index (κ2) is 4.67. The molecule has 0 aromatic carbocycles. The molecule has 6 heteroatoms. The van der Waals surface area contributed by atoms with Gasteiger partial charge in [-0.1, -0.05) is 0 Å². The average Bonchev–Trinajstić information content (AvgIpc) is 2.70. The molecule has 0 bridgehead atoms. The first-order chi connectivity index (χ1) is 8.11. The van der Waals surface area contributed by atoms with Crippen LogP contribution in [0.1, 0.15) is 16.2 Å². The van der Waals surface area contributed by atoms with E-state index < -0.39 is 5.97 Å². The van der Waals surface area contributed by atoms with Gasteiger partial charge in [-0.15, -0.1) is 0 Å². The van der Waals surface area contributed by atoms with Crippen LogP contribution in [0.3, 0.4) is 0 Å². The summed E-state index contributed by atoms with van der Waals surface area (Å²) < 4.78 is 5.49. The van der Waals surface area contributed by atoms with Crippen molar-refractivity contribution in [3.63, 3.8) is 0 Å². The molecule has 0 saturated carbocycles. The fourth-order valence-corrected chi connectivity index (χ4v) is 1.80. The van der Waals surface area contributed by atoms with E-state index in [0.29, 0.717) is 17.2 Å². The van der Waals surface area contributed by atoms with Crippen molar-refractivity contribution in [1.29, 1.82) is 0 Å². The normalized spacial score (nSPS) is 10.3. The standard InChI is InChI=1S/C11H10BrN3O2/c1-6-9(11(16)17-2)15-10(14-6)7-3-8(12)5-13-4-7/h3-5H,1-2H3,(H,14,15). The average molecular weight is 296 g/mol. The summed E-state index contributed by atoms with van der Waals surface area (Å²) in [6, 6.07) is 1.87. The fourth-order valence-electron chi connectivity index (χ4n) is 1.43. The largest absolute Gasteiger partial charge is 0.464 e. The Morgan fingerprint density at radius 3 is 2.88 bits per heavy atom. The Hall–Kier alpha value is -1.69. The third-order valence-corrected chi connectivity index (χ3v) is 2.68. The number of nitrogens with one attached hydrogen (secondary N) is 1. The molecule has 88 valence electrons. The van der Waals surface area contributed by atoms with E-state index in [0.717, 1.165) is 10.0 Å². The monoisotopic (exact) mass is 295 g/mol. The van der Waals surface area contributed by atoms with E-state index in [1.807, 2.05) is 6.07 Å². The number of esters is 1. The lowest BCUT2D eigenvalue weighted by molar-refractivity contribution is 0.0594. The van der Waals surface area contributed by atoms with Crippen LogP contribution < -0.4 is 0 Å². The lowest BCUT2D eigenvalue weighted by Gasteiger charge is -1.96. The second-order valence-electron chi connectivity index (χ2n) is 3.44. The van der Waals surface area contributed by atoms with Gasteiger partial charge in [0, 0.05) is 28.1 Å². The summed E-state index contributed by atoms with van der Waals surface area (Å²) in [5.74, 6) is 0.143. The van der Waals surface area contributed by atoms with E-state index >= 15 is 0 Å². The summed E-state index contributed by atoms with van der Waals surface area (Å²) >= 11 is 3.33. The first kappa shape index (κ1) is 11.8. The summed E-state index contributed by atoms with van der Waals surface area (Å²) in [5.41, 5.74) is 1.77. The van der Waals surface area contributed by atoms with Crippen molar-refractivity contribution in [1.82, 2.24) is 15.0 Å². The summed E-state index contributed by atoms with van der Waals surface area (Å²) in [5, 5.41) is 0. The molecule has 0 atom stereocenters. The molecular weight excluding hydrogens is 286 g/mol. The van der Waals surface area contributed by atoms with Gasteiger partial charge in [0.05, 0.1) is 7.11 Å². The highest BCUT2D eigenvalue weighted by Crippen LogP contribution is 2.20. The molecule has 0 spiro atoms. The van der Waals surface area contributed by atoms with Gasteiger partial charge in [0.1, 0.15) is 5.82 Å². The van der Waals surface area contributed by atoms with Crippen LogP contribution in [-0.2, 0) is 4.74 Å². The van der Waals surface area contributed by atoms with Gasteiger partial charge in [0.15, 0.2) is 5.69 Å². The number of aromatic amines is 1. The number of carbonyl (C=O) groups excluding carboxylic acids is 1. The lowest BCUT2D eigenvalue weighted by atomic mass is 10.3. The number of imidazole rings is 1. The Bertz CT molecular complexity index is 566. The minimum absolute atomic E-state index is 0.294. The van der Waals surface area contributed by atoms with Crippen molar-refractivity contribution in [2.24, 2.45) is 0 Å². The van der Waals surface area contributed by atoms with E-state index in [1.165, 1.54) is 7.11 Å². The third kappa shape index (κ3) is 2.36. The molecule has 5 nitrogen and oxygen atoms in total. The van der Waals surface area contributed by atoms with Gasteiger partial charge in [0.25, 0.3) is 0 Å². The number of nitrogens with zero attached hydrogens (tertiary/aromatic N) is 2. The third-order valence-electron chi connectivity index (χ3n) is 2.24. The number of aryl methyl sites for hydroxylation is 1. The minimum atomic E-state index is -0.451. The van der Waals surface area contributed by atoms with Crippen LogP contribution in [0.15, 0.2) is 22.9 Å².